The molecule has 0 unspecified atom stereocenters. The molecule has 0 aromatic rings. The molecule has 1 saturated carbocycles. The van der Waals surface area contributed by atoms with Crippen molar-refractivity contribution in [3.8, 4) is 0 Å². The van der Waals surface area contributed by atoms with Gasteiger partial charge in [0.1, 0.15) is 0 Å². The summed E-state index contributed by atoms with van der Waals surface area (Å²) in [5.41, 5.74) is 0. The highest BCUT2D eigenvalue weighted by Crippen LogP contribution is 2.20. The summed E-state index contributed by atoms with van der Waals surface area (Å²) < 4.78 is 5.70. The molecule has 1 nitrogen and oxygen atoms in total. The molecule has 1 rings (SSSR count). The fraction of sp³-hybridized carbons (Fsp3) is 1.00. The minimum Gasteiger partial charge on any atom is -0.378 e. The van der Waals surface area contributed by atoms with Crippen molar-refractivity contribution in [2.24, 2.45) is 0 Å². The fourth-order valence-electron chi connectivity index (χ4n) is 1.66. The number of hydrogen-bond acceptors (Lipinski definition) is 1. The zero-order valence-corrected chi connectivity index (χ0v) is 7.64. The van der Waals surface area contributed by atoms with Crippen LogP contribution in [0.15, 0.2) is 0 Å². The zero-order chi connectivity index (χ0) is 7.94. The average Bonchev–Trinajstić information content (AvgIpc) is 2.50. The number of hydrogen-bond donors (Lipinski definition) is 0. The highest BCUT2D eigenvalue weighted by atomic mass is 16.5. The summed E-state index contributed by atoms with van der Waals surface area (Å²) in [6.45, 7) is 3.23. The largest absolute Gasteiger partial charge is 0.378 e. The monoisotopic (exact) mass is 156 g/mol. The molecule has 0 radical (unpaired) electrons. The van der Waals surface area contributed by atoms with E-state index in [1.165, 1.54) is 44.9 Å². The highest BCUT2D eigenvalue weighted by molar-refractivity contribution is 4.66. The van der Waals surface area contributed by atoms with Crippen LogP contribution >= 0.6 is 0 Å². The Morgan fingerprint density at radius 1 is 1.18 bits per heavy atom. The Kier molecular flexibility index (Phi) is 4.60. The maximum Gasteiger partial charge on any atom is 0.0575 e. The summed E-state index contributed by atoms with van der Waals surface area (Å²) >= 11 is 0. The molecule has 11 heavy (non-hydrogen) atoms. The summed E-state index contributed by atoms with van der Waals surface area (Å²) in [5, 5.41) is 0. The van der Waals surface area contributed by atoms with Gasteiger partial charge in [-0.1, -0.05) is 32.6 Å². The first-order chi connectivity index (χ1) is 5.43. The molecule has 0 aromatic carbocycles. The van der Waals surface area contributed by atoms with Gasteiger partial charge in [0.05, 0.1) is 6.10 Å². The molecule has 0 saturated heterocycles. The summed E-state index contributed by atoms with van der Waals surface area (Å²) in [4.78, 5) is 0. The van der Waals surface area contributed by atoms with Gasteiger partial charge in [-0.3, -0.25) is 0 Å². The molecule has 1 heteroatoms. The quantitative estimate of drug-likeness (QED) is 0.556. The topological polar surface area (TPSA) is 9.23 Å². The van der Waals surface area contributed by atoms with E-state index < -0.39 is 0 Å². The van der Waals surface area contributed by atoms with Crippen LogP contribution in [0.25, 0.3) is 0 Å². The van der Waals surface area contributed by atoms with E-state index >= 15 is 0 Å². The second-order valence-electron chi connectivity index (χ2n) is 3.48. The van der Waals surface area contributed by atoms with E-state index in [2.05, 4.69) is 6.92 Å². The first kappa shape index (κ1) is 9.05. The van der Waals surface area contributed by atoms with E-state index in [9.17, 15) is 0 Å². The first-order valence-electron chi connectivity index (χ1n) is 5.05. The minimum atomic E-state index is 0.617. The van der Waals surface area contributed by atoms with Crippen LogP contribution in [-0.2, 0) is 4.74 Å². The Bertz CT molecular complexity index is 84.9. The summed E-state index contributed by atoms with van der Waals surface area (Å²) in [6, 6.07) is 0. The Balaban J connectivity index is 1.86. The smallest absolute Gasteiger partial charge is 0.0575 e. The maximum absolute atomic E-state index is 5.70. The van der Waals surface area contributed by atoms with Crippen molar-refractivity contribution in [1.29, 1.82) is 0 Å². The zero-order valence-electron chi connectivity index (χ0n) is 7.64. The normalized spacial score (nSPS) is 19.4. The van der Waals surface area contributed by atoms with Gasteiger partial charge in [0.15, 0.2) is 0 Å². The van der Waals surface area contributed by atoms with Gasteiger partial charge in [0, 0.05) is 6.61 Å². The maximum atomic E-state index is 5.70. The van der Waals surface area contributed by atoms with Crippen LogP contribution in [0.1, 0.15) is 51.9 Å². The van der Waals surface area contributed by atoms with Crippen LogP contribution in [0, 0.1) is 0 Å². The second-order valence-corrected chi connectivity index (χ2v) is 3.48. The van der Waals surface area contributed by atoms with E-state index in [-0.39, 0.29) is 0 Å². The van der Waals surface area contributed by atoms with Crippen molar-refractivity contribution in [2.45, 2.75) is 58.0 Å². The van der Waals surface area contributed by atoms with Gasteiger partial charge in [-0.25, -0.2) is 0 Å². The molecule has 1 aliphatic rings. The molecule has 0 aromatic heterocycles. The lowest BCUT2D eigenvalue weighted by Crippen LogP contribution is -2.08. The third-order valence-electron chi connectivity index (χ3n) is 2.40. The highest BCUT2D eigenvalue weighted by Gasteiger charge is 2.14. The third-order valence-corrected chi connectivity index (χ3v) is 2.40. The van der Waals surface area contributed by atoms with Crippen molar-refractivity contribution in [2.75, 3.05) is 6.61 Å². The van der Waals surface area contributed by atoms with E-state index in [0.29, 0.717) is 6.10 Å². The Labute approximate surface area is 70.1 Å². The average molecular weight is 156 g/mol. The van der Waals surface area contributed by atoms with Crippen molar-refractivity contribution in [3.63, 3.8) is 0 Å². The van der Waals surface area contributed by atoms with Gasteiger partial charge in [0.2, 0.25) is 0 Å². The summed E-state index contributed by atoms with van der Waals surface area (Å²) in [5.74, 6) is 0. The van der Waals surface area contributed by atoms with Crippen molar-refractivity contribution >= 4 is 0 Å². The van der Waals surface area contributed by atoms with Crippen molar-refractivity contribution in [3.05, 3.63) is 0 Å². The van der Waals surface area contributed by atoms with E-state index in [1.54, 1.807) is 0 Å². The molecule has 0 N–H and O–H groups in total. The van der Waals surface area contributed by atoms with E-state index in [1.807, 2.05) is 0 Å². The fourth-order valence-corrected chi connectivity index (χ4v) is 1.66. The Morgan fingerprint density at radius 2 is 1.91 bits per heavy atom. The molecule has 0 heterocycles. The van der Waals surface area contributed by atoms with Gasteiger partial charge in [-0.2, -0.15) is 0 Å². The van der Waals surface area contributed by atoms with Crippen molar-refractivity contribution < 1.29 is 4.74 Å². The van der Waals surface area contributed by atoms with Gasteiger partial charge in [-0.05, 0) is 19.3 Å². The lowest BCUT2D eigenvalue weighted by molar-refractivity contribution is 0.0558. The van der Waals surface area contributed by atoms with Crippen LogP contribution < -0.4 is 0 Å². The Hall–Kier alpha value is -0.0400. The van der Waals surface area contributed by atoms with Crippen molar-refractivity contribution in [1.82, 2.24) is 0 Å². The predicted octanol–water partition coefficient (Wildman–Crippen LogP) is 3.14. The Morgan fingerprint density at radius 3 is 2.55 bits per heavy atom. The molecule has 0 aliphatic heterocycles. The lowest BCUT2D eigenvalue weighted by Gasteiger charge is -2.09. The number of rotatable bonds is 5. The number of ether oxygens (including phenoxy) is 1. The minimum absolute atomic E-state index is 0.617. The second kappa shape index (κ2) is 5.59. The lowest BCUT2D eigenvalue weighted by atomic mass is 10.2. The molecule has 66 valence electrons. The molecule has 0 bridgehead atoms. The molecule has 1 fully saturated rings. The molecule has 1 aliphatic carbocycles. The third kappa shape index (κ3) is 3.76. The van der Waals surface area contributed by atoms with Crippen LogP contribution in [0.5, 0.6) is 0 Å². The van der Waals surface area contributed by atoms with Gasteiger partial charge >= 0.3 is 0 Å². The van der Waals surface area contributed by atoms with Crippen LogP contribution in [-0.4, -0.2) is 12.7 Å². The summed E-state index contributed by atoms with van der Waals surface area (Å²) in [6.07, 6.45) is 9.90. The standard InChI is InChI=1S/C10H20O/c1-2-3-6-9-11-10-7-4-5-8-10/h10H,2-9H2,1H3. The summed E-state index contributed by atoms with van der Waals surface area (Å²) in [7, 11) is 0. The van der Waals surface area contributed by atoms with Gasteiger partial charge < -0.3 is 4.74 Å². The predicted molar refractivity (Wildman–Crippen MR) is 47.7 cm³/mol. The molecular weight excluding hydrogens is 136 g/mol. The van der Waals surface area contributed by atoms with E-state index in [4.69, 9.17) is 4.74 Å². The number of unbranched alkanes of at least 4 members (excludes halogenated alkanes) is 2. The molecule has 0 spiro atoms. The molecule has 0 amide bonds. The van der Waals surface area contributed by atoms with E-state index in [0.717, 1.165) is 6.61 Å². The van der Waals surface area contributed by atoms with Gasteiger partial charge in [-0.15, -0.1) is 0 Å². The van der Waals surface area contributed by atoms with Gasteiger partial charge in [0.25, 0.3) is 0 Å². The first-order valence-corrected chi connectivity index (χ1v) is 5.05. The van der Waals surface area contributed by atoms with Crippen LogP contribution in [0.3, 0.4) is 0 Å². The molecule has 0 atom stereocenters. The van der Waals surface area contributed by atoms with Crippen LogP contribution in [0.2, 0.25) is 0 Å². The SMILES string of the molecule is CCCCCOC1CCCC1. The molecular formula is C10H20O. The van der Waals surface area contributed by atoms with Crippen LogP contribution in [0.4, 0.5) is 0 Å².